The first-order valence-electron chi connectivity index (χ1n) is 14.0. The van der Waals surface area contributed by atoms with Crippen LogP contribution < -0.4 is 4.90 Å². The second kappa shape index (κ2) is 12.9. The van der Waals surface area contributed by atoms with Gasteiger partial charge in [-0.1, -0.05) is 67.3 Å². The molecule has 2 aromatic carbocycles. The van der Waals surface area contributed by atoms with Gasteiger partial charge in [0.2, 0.25) is 11.8 Å². The minimum absolute atomic E-state index is 0.0636. The van der Waals surface area contributed by atoms with E-state index in [0.29, 0.717) is 30.7 Å². The van der Waals surface area contributed by atoms with Crippen molar-refractivity contribution in [1.29, 1.82) is 0 Å². The van der Waals surface area contributed by atoms with Crippen molar-refractivity contribution in [1.82, 2.24) is 9.80 Å². The first kappa shape index (κ1) is 27.7. The van der Waals surface area contributed by atoms with Crippen LogP contribution in [0.25, 0.3) is 0 Å². The Morgan fingerprint density at radius 2 is 1.68 bits per heavy atom. The summed E-state index contributed by atoms with van der Waals surface area (Å²) in [5.74, 6) is 0.429. The summed E-state index contributed by atoms with van der Waals surface area (Å²) in [6, 6.07) is 14.2. The molecule has 6 heteroatoms. The largest absolute Gasteiger partial charge is 0.337 e. The summed E-state index contributed by atoms with van der Waals surface area (Å²) >= 11 is 6.41. The lowest BCUT2D eigenvalue weighted by Crippen LogP contribution is -2.42. The molecule has 2 amide bonds. The molecular weight excluding hydrogens is 482 g/mol. The summed E-state index contributed by atoms with van der Waals surface area (Å²) in [5, 5.41) is 0.623. The summed E-state index contributed by atoms with van der Waals surface area (Å²) in [6.07, 6.45) is 6.65. The highest BCUT2D eigenvalue weighted by molar-refractivity contribution is 6.31. The molecule has 37 heavy (non-hydrogen) atoms. The van der Waals surface area contributed by atoms with Gasteiger partial charge >= 0.3 is 0 Å². The van der Waals surface area contributed by atoms with Crippen molar-refractivity contribution >= 4 is 29.1 Å². The maximum absolute atomic E-state index is 13.9. The molecule has 1 heterocycles. The molecule has 0 unspecified atom stereocenters. The number of aryl methyl sites for hydroxylation is 1. The van der Waals surface area contributed by atoms with Gasteiger partial charge in [0.05, 0.1) is 12.1 Å². The second-order valence-corrected chi connectivity index (χ2v) is 11.4. The Morgan fingerprint density at radius 1 is 0.919 bits per heavy atom. The molecule has 0 N–H and O–H groups in total. The van der Waals surface area contributed by atoms with Crippen LogP contribution in [0.3, 0.4) is 0 Å². The first-order chi connectivity index (χ1) is 17.8. The fourth-order valence-electron chi connectivity index (χ4n) is 5.86. The highest BCUT2D eigenvalue weighted by Crippen LogP contribution is 2.32. The molecule has 0 aromatic heterocycles. The molecule has 0 saturated heterocycles. The van der Waals surface area contributed by atoms with Crippen LogP contribution in [0.5, 0.6) is 0 Å². The fourth-order valence-corrected chi connectivity index (χ4v) is 6.06. The third-order valence-corrected chi connectivity index (χ3v) is 8.41. The van der Waals surface area contributed by atoms with Crippen molar-refractivity contribution < 1.29 is 9.59 Å². The highest BCUT2D eigenvalue weighted by atomic mass is 35.5. The Morgan fingerprint density at radius 3 is 2.41 bits per heavy atom. The predicted molar refractivity (Wildman–Crippen MR) is 152 cm³/mol. The van der Waals surface area contributed by atoms with E-state index in [9.17, 15) is 9.59 Å². The van der Waals surface area contributed by atoms with Crippen LogP contribution in [0.2, 0.25) is 5.02 Å². The van der Waals surface area contributed by atoms with Crippen molar-refractivity contribution in [3.63, 3.8) is 0 Å². The number of amides is 2. The number of hydrogen-bond acceptors (Lipinski definition) is 3. The van der Waals surface area contributed by atoms with E-state index in [1.54, 1.807) is 0 Å². The van der Waals surface area contributed by atoms with Crippen LogP contribution in [0.15, 0.2) is 42.5 Å². The van der Waals surface area contributed by atoms with E-state index in [2.05, 4.69) is 42.7 Å². The summed E-state index contributed by atoms with van der Waals surface area (Å²) < 4.78 is 0. The molecular formula is C31H42ClN3O2. The van der Waals surface area contributed by atoms with Gasteiger partial charge in [0, 0.05) is 49.7 Å². The van der Waals surface area contributed by atoms with Gasteiger partial charge in [0.1, 0.15) is 0 Å². The Hall–Kier alpha value is -2.37. The summed E-state index contributed by atoms with van der Waals surface area (Å²) in [7, 11) is 0. The monoisotopic (exact) mass is 523 g/mol. The Kier molecular flexibility index (Phi) is 9.66. The normalized spacial score (nSPS) is 18.4. The predicted octanol–water partition coefficient (Wildman–Crippen LogP) is 6.25. The number of anilines is 1. The minimum Gasteiger partial charge on any atom is -0.337 e. The number of rotatable bonds is 4. The van der Waals surface area contributed by atoms with Crippen LogP contribution in [0.1, 0.15) is 69.1 Å². The maximum atomic E-state index is 13.9. The number of halogens is 1. The van der Waals surface area contributed by atoms with Crippen molar-refractivity contribution in [3.8, 4) is 0 Å². The third kappa shape index (κ3) is 6.94. The zero-order valence-corrected chi connectivity index (χ0v) is 23.5. The molecule has 2 aromatic rings. The zero-order chi connectivity index (χ0) is 26.4. The van der Waals surface area contributed by atoms with Crippen LogP contribution in [-0.4, -0.2) is 53.8 Å². The molecule has 1 fully saturated rings. The Labute approximate surface area is 227 Å². The van der Waals surface area contributed by atoms with E-state index < -0.39 is 0 Å². The van der Waals surface area contributed by atoms with E-state index in [4.69, 9.17) is 11.6 Å². The van der Waals surface area contributed by atoms with Gasteiger partial charge < -0.3 is 9.80 Å². The fraction of sp³-hybridized carbons (Fsp3) is 0.548. The quantitative estimate of drug-likeness (QED) is 0.476. The molecule has 0 radical (unpaired) electrons. The van der Waals surface area contributed by atoms with E-state index in [-0.39, 0.29) is 24.2 Å². The average molecular weight is 524 g/mol. The van der Waals surface area contributed by atoms with Gasteiger partial charge in [0.25, 0.3) is 0 Å². The Balaban J connectivity index is 1.69. The smallest absolute Gasteiger partial charge is 0.230 e. The van der Waals surface area contributed by atoms with Crippen LogP contribution in [0, 0.1) is 12.8 Å². The number of carbonyl (C=O) groups is 2. The van der Waals surface area contributed by atoms with E-state index >= 15 is 0 Å². The van der Waals surface area contributed by atoms with Crippen molar-refractivity contribution in [3.05, 3.63) is 64.2 Å². The number of benzene rings is 2. The van der Waals surface area contributed by atoms with Gasteiger partial charge in [-0.05, 0) is 62.8 Å². The van der Waals surface area contributed by atoms with Gasteiger partial charge in [-0.15, -0.1) is 0 Å². The average Bonchev–Trinajstić information content (AvgIpc) is 2.93. The molecule has 5 nitrogen and oxygen atoms in total. The molecule has 4 rings (SSSR count). The van der Waals surface area contributed by atoms with Crippen molar-refractivity contribution in [2.45, 2.75) is 78.3 Å². The number of hydrogen-bond donors (Lipinski definition) is 0. The molecule has 1 aliphatic heterocycles. The van der Waals surface area contributed by atoms with Crippen LogP contribution >= 0.6 is 11.6 Å². The minimum atomic E-state index is 0.0636. The molecule has 2 aliphatic rings. The van der Waals surface area contributed by atoms with Crippen molar-refractivity contribution in [2.75, 3.05) is 31.1 Å². The maximum Gasteiger partial charge on any atom is 0.230 e. The van der Waals surface area contributed by atoms with Crippen LogP contribution in [0.4, 0.5) is 5.69 Å². The van der Waals surface area contributed by atoms with E-state index in [0.717, 1.165) is 67.6 Å². The molecule has 1 saturated carbocycles. The van der Waals surface area contributed by atoms with Gasteiger partial charge in [-0.2, -0.15) is 0 Å². The lowest BCUT2D eigenvalue weighted by molar-refractivity contribution is -0.131. The summed E-state index contributed by atoms with van der Waals surface area (Å²) in [5.41, 5.74) is 4.00. The Bertz CT molecular complexity index is 1080. The van der Waals surface area contributed by atoms with Gasteiger partial charge in [0.15, 0.2) is 0 Å². The topological polar surface area (TPSA) is 43.9 Å². The number of para-hydroxylation sites is 1. The lowest BCUT2D eigenvalue weighted by atomic mass is 9.87. The van der Waals surface area contributed by atoms with Gasteiger partial charge in [-0.25, -0.2) is 0 Å². The summed E-state index contributed by atoms with van der Waals surface area (Å²) in [4.78, 5) is 34.1. The standard InChI is InChI=1S/C31H42ClN3O2/c1-23(2)33-17-10-18-35(31(37)25-12-5-4-6-13-25)30-24(3)11-9-15-27(30)22-34(20-19-33)29(36)21-26-14-7-8-16-28(26)32/h7-9,11,14-16,23,25H,4-6,10,12-13,17-22H2,1-3H3. The molecule has 200 valence electrons. The molecule has 0 atom stereocenters. The van der Waals surface area contributed by atoms with Crippen molar-refractivity contribution in [2.24, 2.45) is 5.92 Å². The first-order valence-corrected chi connectivity index (χ1v) is 14.4. The van der Waals surface area contributed by atoms with E-state index in [1.807, 2.05) is 35.2 Å². The SMILES string of the molecule is Cc1cccc2c1N(C(=O)C1CCCCC1)CCCN(C(C)C)CCN(C(=O)Cc1ccccc1Cl)C2. The second-order valence-electron chi connectivity index (χ2n) is 11.0. The highest BCUT2D eigenvalue weighted by Gasteiger charge is 2.30. The summed E-state index contributed by atoms with van der Waals surface area (Å²) in [6.45, 7) is 10.1. The number of nitrogens with zero attached hydrogens (tertiary/aromatic N) is 3. The van der Waals surface area contributed by atoms with Crippen LogP contribution in [-0.2, 0) is 22.6 Å². The van der Waals surface area contributed by atoms with E-state index in [1.165, 1.54) is 6.42 Å². The third-order valence-electron chi connectivity index (χ3n) is 8.04. The lowest BCUT2D eigenvalue weighted by Gasteiger charge is -2.33. The molecule has 0 spiro atoms. The number of fused-ring (bicyclic) bond motifs is 1. The van der Waals surface area contributed by atoms with Gasteiger partial charge in [-0.3, -0.25) is 14.5 Å². The molecule has 0 bridgehead atoms. The zero-order valence-electron chi connectivity index (χ0n) is 22.7. The number of carbonyl (C=O) groups excluding carboxylic acids is 2. The molecule has 1 aliphatic carbocycles.